The summed E-state index contributed by atoms with van der Waals surface area (Å²) in [7, 11) is 1.89. The summed E-state index contributed by atoms with van der Waals surface area (Å²) in [5.41, 5.74) is 0.424. The van der Waals surface area contributed by atoms with E-state index < -0.39 is 5.91 Å². The number of nitrogens with one attached hydrogen (secondary N) is 2. The van der Waals surface area contributed by atoms with E-state index in [1.54, 1.807) is 24.3 Å². The van der Waals surface area contributed by atoms with Gasteiger partial charge < -0.3 is 5.32 Å². The number of benzene rings is 1. The van der Waals surface area contributed by atoms with E-state index in [4.69, 9.17) is 11.6 Å². The minimum absolute atomic E-state index is 0.214. The molecule has 2 N–H and O–H groups in total. The maximum Gasteiger partial charge on any atom is 0.257 e. The van der Waals surface area contributed by atoms with Gasteiger partial charge in [-0.15, -0.1) is 0 Å². The molecule has 1 atom stereocenters. The number of imide groups is 1. The molecule has 1 aromatic rings. The van der Waals surface area contributed by atoms with E-state index in [0.29, 0.717) is 16.6 Å². The number of rotatable bonds is 4. The molecule has 0 aliphatic carbocycles. The number of hydrogen-bond acceptors (Lipinski definition) is 4. The quantitative estimate of drug-likeness (QED) is 0.866. The van der Waals surface area contributed by atoms with E-state index >= 15 is 0 Å². The largest absolute Gasteiger partial charge is 0.315 e. The molecule has 1 aliphatic heterocycles. The van der Waals surface area contributed by atoms with Crippen LogP contribution >= 0.6 is 11.6 Å². The van der Waals surface area contributed by atoms with Gasteiger partial charge in [-0.1, -0.05) is 11.6 Å². The standard InChI is InChI=1S/C14H18ClN3O2/c1-18(12-6-7-16-8-12)9-13(19)17-14(20)10-2-4-11(15)5-3-10/h2-5,12,16H,6-9H2,1H3,(H,17,19,20). The maximum absolute atomic E-state index is 11.9. The highest BCUT2D eigenvalue weighted by molar-refractivity contribution is 6.30. The highest BCUT2D eigenvalue weighted by Crippen LogP contribution is 2.09. The van der Waals surface area contributed by atoms with Crippen LogP contribution < -0.4 is 10.6 Å². The van der Waals surface area contributed by atoms with Crippen LogP contribution in [0.2, 0.25) is 5.02 Å². The summed E-state index contributed by atoms with van der Waals surface area (Å²) in [5, 5.41) is 6.19. The average molecular weight is 296 g/mol. The second-order valence-corrected chi connectivity index (χ2v) is 5.38. The first-order valence-corrected chi connectivity index (χ1v) is 6.95. The summed E-state index contributed by atoms with van der Waals surface area (Å²) in [6, 6.07) is 6.78. The van der Waals surface area contributed by atoms with E-state index in [9.17, 15) is 9.59 Å². The number of likely N-dealkylation sites (N-methyl/N-ethyl adjacent to an activating group) is 1. The highest BCUT2D eigenvalue weighted by Gasteiger charge is 2.21. The lowest BCUT2D eigenvalue weighted by Gasteiger charge is -2.22. The number of hydrogen-bond donors (Lipinski definition) is 2. The molecule has 108 valence electrons. The minimum Gasteiger partial charge on any atom is -0.315 e. The first-order valence-electron chi connectivity index (χ1n) is 6.57. The Hall–Kier alpha value is -1.43. The summed E-state index contributed by atoms with van der Waals surface area (Å²) < 4.78 is 0. The fraction of sp³-hybridized carbons (Fsp3) is 0.429. The zero-order valence-electron chi connectivity index (χ0n) is 11.4. The van der Waals surface area contributed by atoms with Crippen molar-refractivity contribution in [1.82, 2.24) is 15.5 Å². The van der Waals surface area contributed by atoms with Crippen LogP contribution in [0.3, 0.4) is 0 Å². The molecule has 0 bridgehead atoms. The Morgan fingerprint density at radius 3 is 2.70 bits per heavy atom. The van der Waals surface area contributed by atoms with Crippen molar-refractivity contribution in [2.24, 2.45) is 0 Å². The van der Waals surface area contributed by atoms with E-state index in [0.717, 1.165) is 19.5 Å². The molecule has 6 heteroatoms. The monoisotopic (exact) mass is 295 g/mol. The van der Waals surface area contributed by atoms with Crippen LogP contribution in [0.15, 0.2) is 24.3 Å². The zero-order chi connectivity index (χ0) is 14.5. The number of nitrogens with zero attached hydrogens (tertiary/aromatic N) is 1. The Morgan fingerprint density at radius 1 is 1.40 bits per heavy atom. The molecule has 1 fully saturated rings. The van der Waals surface area contributed by atoms with Crippen molar-refractivity contribution < 1.29 is 9.59 Å². The molecule has 0 saturated carbocycles. The van der Waals surface area contributed by atoms with Gasteiger partial charge in [-0.25, -0.2) is 0 Å². The predicted octanol–water partition coefficient (Wildman–Crippen LogP) is 0.890. The third kappa shape index (κ3) is 4.03. The van der Waals surface area contributed by atoms with Gasteiger partial charge >= 0.3 is 0 Å². The second-order valence-electron chi connectivity index (χ2n) is 4.95. The summed E-state index contributed by atoms with van der Waals surface area (Å²) in [4.78, 5) is 25.7. The summed E-state index contributed by atoms with van der Waals surface area (Å²) in [5.74, 6) is -0.691. The van der Waals surface area contributed by atoms with Crippen LogP contribution in [-0.2, 0) is 4.79 Å². The molecule has 20 heavy (non-hydrogen) atoms. The van der Waals surface area contributed by atoms with Crippen molar-refractivity contribution in [2.45, 2.75) is 12.5 Å². The van der Waals surface area contributed by atoms with Gasteiger partial charge in [0.05, 0.1) is 6.54 Å². The first-order chi connectivity index (χ1) is 9.56. The van der Waals surface area contributed by atoms with E-state index in [2.05, 4.69) is 10.6 Å². The van der Waals surface area contributed by atoms with Crippen molar-refractivity contribution in [3.8, 4) is 0 Å². The van der Waals surface area contributed by atoms with Crippen LogP contribution in [0.5, 0.6) is 0 Å². The molecular weight excluding hydrogens is 278 g/mol. The van der Waals surface area contributed by atoms with E-state index in [1.165, 1.54) is 0 Å². The first kappa shape index (κ1) is 15.0. The molecule has 0 radical (unpaired) electrons. The Labute approximate surface area is 123 Å². The van der Waals surface area contributed by atoms with E-state index in [-0.39, 0.29) is 12.5 Å². The molecule has 5 nitrogen and oxygen atoms in total. The number of carbonyl (C=O) groups is 2. The summed E-state index contributed by atoms with van der Waals surface area (Å²) >= 11 is 5.75. The third-order valence-corrected chi connectivity index (χ3v) is 3.66. The average Bonchev–Trinajstić information content (AvgIpc) is 2.93. The Kier molecular flexibility index (Phi) is 5.11. The van der Waals surface area contributed by atoms with Crippen molar-refractivity contribution in [2.75, 3.05) is 26.7 Å². The number of carbonyl (C=O) groups excluding carboxylic acids is 2. The van der Waals surface area contributed by atoms with Crippen LogP contribution in [0.1, 0.15) is 16.8 Å². The molecule has 0 spiro atoms. The Balaban J connectivity index is 1.84. The van der Waals surface area contributed by atoms with Gasteiger partial charge in [0.2, 0.25) is 5.91 Å². The smallest absolute Gasteiger partial charge is 0.257 e. The Morgan fingerprint density at radius 2 is 2.10 bits per heavy atom. The fourth-order valence-electron chi connectivity index (χ4n) is 2.21. The SMILES string of the molecule is CN(CC(=O)NC(=O)c1ccc(Cl)cc1)C1CCNC1. The third-order valence-electron chi connectivity index (χ3n) is 3.41. The number of halogens is 1. The van der Waals surface area contributed by atoms with Crippen LogP contribution in [0.25, 0.3) is 0 Å². The minimum atomic E-state index is -0.399. The molecule has 1 aromatic carbocycles. The van der Waals surface area contributed by atoms with Gasteiger partial charge in [0.15, 0.2) is 0 Å². The van der Waals surface area contributed by atoms with Crippen molar-refractivity contribution in [1.29, 1.82) is 0 Å². The number of amides is 2. The van der Waals surface area contributed by atoms with Crippen LogP contribution in [-0.4, -0.2) is 49.4 Å². The zero-order valence-corrected chi connectivity index (χ0v) is 12.1. The molecule has 1 heterocycles. The van der Waals surface area contributed by atoms with Crippen LogP contribution in [0.4, 0.5) is 0 Å². The molecule has 2 amide bonds. The van der Waals surface area contributed by atoms with Crippen molar-refractivity contribution in [3.63, 3.8) is 0 Å². The molecule has 1 unspecified atom stereocenters. The van der Waals surface area contributed by atoms with Gasteiger partial charge in [0.1, 0.15) is 0 Å². The molecular formula is C14H18ClN3O2. The summed E-state index contributed by atoms with van der Waals surface area (Å²) in [6.07, 6.45) is 1.02. The molecule has 1 aliphatic rings. The van der Waals surface area contributed by atoms with Gasteiger partial charge in [-0.3, -0.25) is 19.8 Å². The molecule has 0 aromatic heterocycles. The van der Waals surface area contributed by atoms with Crippen molar-refractivity contribution >= 4 is 23.4 Å². The highest BCUT2D eigenvalue weighted by atomic mass is 35.5. The van der Waals surface area contributed by atoms with Gasteiger partial charge in [-0.05, 0) is 44.3 Å². The normalized spacial score (nSPS) is 18.2. The maximum atomic E-state index is 11.9. The second kappa shape index (κ2) is 6.83. The molecule has 2 rings (SSSR count). The van der Waals surface area contributed by atoms with E-state index in [1.807, 2.05) is 11.9 Å². The summed E-state index contributed by atoms with van der Waals surface area (Å²) in [6.45, 7) is 2.07. The lowest BCUT2D eigenvalue weighted by Crippen LogP contribution is -2.43. The topological polar surface area (TPSA) is 61.4 Å². The fourth-order valence-corrected chi connectivity index (χ4v) is 2.34. The Bertz CT molecular complexity index is 484. The van der Waals surface area contributed by atoms with Gasteiger partial charge in [0.25, 0.3) is 5.91 Å². The van der Waals surface area contributed by atoms with Crippen LogP contribution in [0, 0.1) is 0 Å². The van der Waals surface area contributed by atoms with Crippen molar-refractivity contribution in [3.05, 3.63) is 34.9 Å². The van der Waals surface area contributed by atoms with Gasteiger partial charge in [-0.2, -0.15) is 0 Å². The van der Waals surface area contributed by atoms with Gasteiger partial charge in [0, 0.05) is 23.2 Å². The lowest BCUT2D eigenvalue weighted by molar-refractivity contribution is -0.121. The molecule has 1 saturated heterocycles. The lowest BCUT2D eigenvalue weighted by atomic mass is 10.2. The predicted molar refractivity (Wildman–Crippen MR) is 77.8 cm³/mol.